The zero-order valence-corrected chi connectivity index (χ0v) is 12.1. The van der Waals surface area contributed by atoms with Gasteiger partial charge in [0.05, 0.1) is 0 Å². The van der Waals surface area contributed by atoms with Crippen LogP contribution in [0.1, 0.15) is 36.1 Å². The summed E-state index contributed by atoms with van der Waals surface area (Å²) in [6.07, 6.45) is 7.45. The van der Waals surface area contributed by atoms with Crippen molar-refractivity contribution in [2.45, 2.75) is 32.7 Å². The number of aryl methyl sites for hydroxylation is 1. The Hall–Kier alpha value is -1.94. The van der Waals surface area contributed by atoms with Crippen LogP contribution in [0.4, 0.5) is 5.82 Å². The second-order valence-electron chi connectivity index (χ2n) is 5.06. The smallest absolute Gasteiger partial charge is 0.128 e. The molecule has 0 aliphatic heterocycles. The van der Waals surface area contributed by atoms with E-state index in [-0.39, 0.29) is 6.04 Å². The number of nitrogens with zero attached hydrogens (tertiary/aromatic N) is 2. The minimum atomic E-state index is 0.173. The molecule has 2 aromatic rings. The highest BCUT2D eigenvalue weighted by Crippen LogP contribution is 2.23. The normalized spacial score (nSPS) is 12.3. The van der Waals surface area contributed by atoms with E-state index >= 15 is 0 Å². The van der Waals surface area contributed by atoms with Gasteiger partial charge in [-0.1, -0.05) is 13.0 Å². The van der Waals surface area contributed by atoms with Crippen LogP contribution in [0.5, 0.6) is 0 Å². The highest BCUT2D eigenvalue weighted by Gasteiger charge is 2.15. The zero-order valence-electron chi connectivity index (χ0n) is 12.1. The SMILES string of the molecule is CCCNC(Cc1cccnc1)c1cc(C)cnc1N. The largest absolute Gasteiger partial charge is 0.383 e. The molecule has 4 heteroatoms. The molecule has 0 saturated carbocycles. The zero-order chi connectivity index (χ0) is 14.4. The Kier molecular flexibility index (Phi) is 5.07. The third kappa shape index (κ3) is 3.78. The Morgan fingerprint density at radius 1 is 1.35 bits per heavy atom. The molecule has 2 aromatic heterocycles. The van der Waals surface area contributed by atoms with Crippen LogP contribution in [0.2, 0.25) is 0 Å². The second kappa shape index (κ2) is 7.01. The Labute approximate surface area is 120 Å². The summed E-state index contributed by atoms with van der Waals surface area (Å²) in [5, 5.41) is 3.55. The van der Waals surface area contributed by atoms with Gasteiger partial charge in [0.15, 0.2) is 0 Å². The average molecular weight is 270 g/mol. The number of aromatic nitrogens is 2. The fraction of sp³-hybridized carbons (Fsp3) is 0.375. The summed E-state index contributed by atoms with van der Waals surface area (Å²) in [5.41, 5.74) is 9.45. The van der Waals surface area contributed by atoms with Gasteiger partial charge >= 0.3 is 0 Å². The molecule has 0 saturated heterocycles. The van der Waals surface area contributed by atoms with E-state index in [9.17, 15) is 0 Å². The van der Waals surface area contributed by atoms with E-state index in [1.165, 1.54) is 5.56 Å². The van der Waals surface area contributed by atoms with Crippen molar-refractivity contribution in [1.82, 2.24) is 15.3 Å². The number of hydrogen-bond acceptors (Lipinski definition) is 4. The molecule has 106 valence electrons. The van der Waals surface area contributed by atoms with Gasteiger partial charge in [-0.3, -0.25) is 4.98 Å². The Balaban J connectivity index is 2.24. The molecule has 1 atom stereocenters. The van der Waals surface area contributed by atoms with E-state index in [0.29, 0.717) is 5.82 Å². The van der Waals surface area contributed by atoms with Crippen molar-refractivity contribution in [1.29, 1.82) is 0 Å². The lowest BCUT2D eigenvalue weighted by Gasteiger charge is -2.20. The molecular formula is C16H22N4. The van der Waals surface area contributed by atoms with E-state index in [1.807, 2.05) is 19.2 Å². The van der Waals surface area contributed by atoms with E-state index in [2.05, 4.69) is 34.3 Å². The van der Waals surface area contributed by atoms with Crippen LogP contribution in [-0.2, 0) is 6.42 Å². The van der Waals surface area contributed by atoms with Crippen LogP contribution < -0.4 is 11.1 Å². The predicted molar refractivity (Wildman–Crippen MR) is 82.4 cm³/mol. The summed E-state index contributed by atoms with van der Waals surface area (Å²) in [7, 11) is 0. The molecule has 0 radical (unpaired) electrons. The number of anilines is 1. The fourth-order valence-electron chi connectivity index (χ4n) is 2.25. The van der Waals surface area contributed by atoms with Crippen molar-refractivity contribution < 1.29 is 0 Å². The van der Waals surface area contributed by atoms with Crippen LogP contribution >= 0.6 is 0 Å². The van der Waals surface area contributed by atoms with Crippen molar-refractivity contribution in [2.75, 3.05) is 12.3 Å². The quantitative estimate of drug-likeness (QED) is 0.847. The standard InChI is InChI=1S/C16H22N4/c1-3-6-19-15(9-13-5-4-7-18-11-13)14-8-12(2)10-20-16(14)17/h4-5,7-8,10-11,15,19H,3,6,9H2,1-2H3,(H2,17,20). The van der Waals surface area contributed by atoms with Gasteiger partial charge in [0.2, 0.25) is 0 Å². The second-order valence-corrected chi connectivity index (χ2v) is 5.06. The van der Waals surface area contributed by atoms with Gasteiger partial charge in [-0.15, -0.1) is 0 Å². The van der Waals surface area contributed by atoms with Gasteiger partial charge in [-0.25, -0.2) is 4.98 Å². The van der Waals surface area contributed by atoms with Gasteiger partial charge in [-0.05, 0) is 49.6 Å². The molecule has 4 nitrogen and oxygen atoms in total. The number of pyridine rings is 2. The molecule has 1 unspecified atom stereocenters. The molecule has 3 N–H and O–H groups in total. The summed E-state index contributed by atoms with van der Waals surface area (Å²) >= 11 is 0. The van der Waals surface area contributed by atoms with Crippen LogP contribution in [0.15, 0.2) is 36.8 Å². The number of rotatable bonds is 6. The summed E-state index contributed by atoms with van der Waals surface area (Å²) in [6.45, 7) is 5.15. The van der Waals surface area contributed by atoms with Crippen molar-refractivity contribution >= 4 is 5.82 Å². The van der Waals surface area contributed by atoms with Crippen molar-refractivity contribution in [2.24, 2.45) is 0 Å². The minimum absolute atomic E-state index is 0.173. The van der Waals surface area contributed by atoms with Crippen LogP contribution in [-0.4, -0.2) is 16.5 Å². The molecule has 2 heterocycles. The van der Waals surface area contributed by atoms with E-state index < -0.39 is 0 Å². The maximum Gasteiger partial charge on any atom is 0.128 e. The first-order valence-electron chi connectivity index (χ1n) is 7.05. The molecule has 2 rings (SSSR count). The van der Waals surface area contributed by atoms with Crippen molar-refractivity contribution in [3.63, 3.8) is 0 Å². The first-order chi connectivity index (χ1) is 9.70. The average Bonchev–Trinajstić information content (AvgIpc) is 2.47. The molecule has 0 aliphatic rings. The van der Waals surface area contributed by atoms with E-state index in [0.717, 1.165) is 30.5 Å². The fourth-order valence-corrected chi connectivity index (χ4v) is 2.25. The van der Waals surface area contributed by atoms with Gasteiger partial charge in [0.25, 0.3) is 0 Å². The summed E-state index contributed by atoms with van der Waals surface area (Å²) in [6, 6.07) is 6.34. The molecule has 20 heavy (non-hydrogen) atoms. The molecule has 0 amide bonds. The number of hydrogen-bond donors (Lipinski definition) is 2. The molecule has 0 bridgehead atoms. The van der Waals surface area contributed by atoms with Crippen LogP contribution in [0.3, 0.4) is 0 Å². The first-order valence-corrected chi connectivity index (χ1v) is 7.05. The topological polar surface area (TPSA) is 63.8 Å². The lowest BCUT2D eigenvalue weighted by molar-refractivity contribution is 0.528. The van der Waals surface area contributed by atoms with Gasteiger partial charge < -0.3 is 11.1 Å². The highest BCUT2D eigenvalue weighted by atomic mass is 14.9. The van der Waals surface area contributed by atoms with Gasteiger partial charge in [-0.2, -0.15) is 0 Å². The van der Waals surface area contributed by atoms with Gasteiger partial charge in [0.1, 0.15) is 5.82 Å². The van der Waals surface area contributed by atoms with Crippen molar-refractivity contribution in [3.8, 4) is 0 Å². The summed E-state index contributed by atoms with van der Waals surface area (Å²) in [4.78, 5) is 8.45. The minimum Gasteiger partial charge on any atom is -0.383 e. The number of nitrogens with one attached hydrogen (secondary N) is 1. The lowest BCUT2D eigenvalue weighted by atomic mass is 9.99. The third-order valence-electron chi connectivity index (χ3n) is 3.26. The lowest BCUT2D eigenvalue weighted by Crippen LogP contribution is -2.25. The third-order valence-corrected chi connectivity index (χ3v) is 3.26. The van der Waals surface area contributed by atoms with E-state index in [4.69, 9.17) is 5.73 Å². The molecule has 0 spiro atoms. The highest BCUT2D eigenvalue weighted by molar-refractivity contribution is 5.43. The van der Waals surface area contributed by atoms with E-state index in [1.54, 1.807) is 12.4 Å². The molecule has 0 fully saturated rings. The number of nitrogens with two attached hydrogens (primary N) is 1. The van der Waals surface area contributed by atoms with Crippen LogP contribution in [0.25, 0.3) is 0 Å². The van der Waals surface area contributed by atoms with Gasteiger partial charge in [0, 0.05) is 30.2 Å². The first kappa shape index (κ1) is 14.5. The maximum atomic E-state index is 6.05. The molecule has 0 aliphatic carbocycles. The Morgan fingerprint density at radius 2 is 2.20 bits per heavy atom. The number of nitrogen functional groups attached to an aromatic ring is 1. The molecular weight excluding hydrogens is 248 g/mol. The van der Waals surface area contributed by atoms with Crippen LogP contribution in [0, 0.1) is 6.92 Å². The molecule has 0 aromatic carbocycles. The Morgan fingerprint density at radius 3 is 2.90 bits per heavy atom. The predicted octanol–water partition coefficient (Wildman–Crippen LogP) is 2.65. The van der Waals surface area contributed by atoms with Crippen molar-refractivity contribution in [3.05, 3.63) is 53.5 Å². The maximum absolute atomic E-state index is 6.05. The summed E-state index contributed by atoms with van der Waals surface area (Å²) < 4.78 is 0. The summed E-state index contributed by atoms with van der Waals surface area (Å²) in [5.74, 6) is 0.605. The Bertz CT molecular complexity index is 539. The monoisotopic (exact) mass is 270 g/mol.